The fourth-order valence-electron chi connectivity index (χ4n) is 1.52. The Bertz CT molecular complexity index is 514. The molecule has 0 atom stereocenters. The summed E-state index contributed by atoms with van der Waals surface area (Å²) in [7, 11) is 1.25. The molecule has 0 spiro atoms. The predicted octanol–water partition coefficient (Wildman–Crippen LogP) is -0.0524. The van der Waals surface area contributed by atoms with Crippen molar-refractivity contribution < 1.29 is 13.5 Å². The van der Waals surface area contributed by atoms with Crippen molar-refractivity contribution in [2.45, 2.75) is 4.90 Å². The number of benzene rings is 1. The quantitative estimate of drug-likeness (QED) is 0.734. The van der Waals surface area contributed by atoms with E-state index in [2.05, 4.69) is 0 Å². The van der Waals surface area contributed by atoms with Crippen LogP contribution in [0, 0.1) is 0 Å². The average molecular weight is 273 g/mol. The van der Waals surface area contributed by atoms with Crippen LogP contribution in [0.2, 0.25) is 0 Å². The summed E-state index contributed by atoms with van der Waals surface area (Å²) in [6.07, 6.45) is 0. The van der Waals surface area contributed by atoms with Gasteiger partial charge in [0.15, 0.2) is 0 Å². The summed E-state index contributed by atoms with van der Waals surface area (Å²) in [4.78, 5) is 1.92. The van der Waals surface area contributed by atoms with Gasteiger partial charge in [0.05, 0.1) is 22.9 Å². The van der Waals surface area contributed by atoms with Gasteiger partial charge in [-0.3, -0.25) is 0 Å². The Kier molecular flexibility index (Phi) is 4.55. The third-order valence-corrected chi connectivity index (χ3v) is 4.44. The molecule has 0 bridgehead atoms. The second-order valence-corrected chi connectivity index (χ2v) is 6.31. The zero-order chi connectivity index (χ0) is 13.9. The molecule has 1 rings (SSSR count). The lowest BCUT2D eigenvalue weighted by molar-refractivity contribution is 0.304. The molecule has 0 aliphatic carbocycles. The third-order valence-electron chi connectivity index (χ3n) is 2.62. The Hall–Kier alpha value is -1.31. The SMILES string of the molecule is CN(CCO)c1ccc(S(=O)(=O)N(C)C)cc1N. The standard InChI is InChI=1S/C11H19N3O3S/c1-13(2)18(16,17)9-4-5-11(10(12)8-9)14(3)6-7-15/h4-5,8,15H,6-7,12H2,1-3H3. The number of hydrogen-bond acceptors (Lipinski definition) is 5. The van der Waals surface area contributed by atoms with Crippen LogP contribution in [0.25, 0.3) is 0 Å². The van der Waals surface area contributed by atoms with Gasteiger partial charge in [0.2, 0.25) is 10.0 Å². The summed E-state index contributed by atoms with van der Waals surface area (Å²) >= 11 is 0. The van der Waals surface area contributed by atoms with Crippen molar-refractivity contribution >= 4 is 21.4 Å². The molecule has 0 unspecified atom stereocenters. The minimum absolute atomic E-state index is 0.00763. The van der Waals surface area contributed by atoms with Crippen molar-refractivity contribution in [2.24, 2.45) is 0 Å². The minimum atomic E-state index is -3.47. The first-order chi connectivity index (χ1) is 8.30. The number of anilines is 2. The first-order valence-electron chi connectivity index (χ1n) is 5.44. The number of nitrogens with two attached hydrogens (primary N) is 1. The molecule has 1 aromatic rings. The van der Waals surface area contributed by atoms with Gasteiger partial charge in [-0.1, -0.05) is 0 Å². The van der Waals surface area contributed by atoms with Crippen LogP contribution in [0.4, 0.5) is 11.4 Å². The maximum absolute atomic E-state index is 11.9. The van der Waals surface area contributed by atoms with Crippen LogP contribution < -0.4 is 10.6 Å². The summed E-state index contributed by atoms with van der Waals surface area (Å²) < 4.78 is 25.0. The third kappa shape index (κ3) is 2.92. The van der Waals surface area contributed by atoms with Crippen LogP contribution in [0.1, 0.15) is 0 Å². The van der Waals surface area contributed by atoms with Gasteiger partial charge in [-0.05, 0) is 18.2 Å². The second-order valence-electron chi connectivity index (χ2n) is 4.15. The molecular weight excluding hydrogens is 254 g/mol. The summed E-state index contributed by atoms with van der Waals surface area (Å²) in [6, 6.07) is 4.58. The van der Waals surface area contributed by atoms with Crippen LogP contribution in [-0.2, 0) is 10.0 Å². The van der Waals surface area contributed by atoms with Crippen molar-refractivity contribution in [1.82, 2.24) is 4.31 Å². The van der Waals surface area contributed by atoms with Gasteiger partial charge < -0.3 is 15.7 Å². The summed E-state index contributed by atoms with van der Waals surface area (Å²) in [6.45, 7) is 0.442. The van der Waals surface area contributed by atoms with E-state index in [1.54, 1.807) is 18.0 Å². The Balaban J connectivity index is 3.15. The van der Waals surface area contributed by atoms with Crippen LogP contribution in [0.5, 0.6) is 0 Å². The summed E-state index contributed by atoms with van der Waals surface area (Å²) in [5.41, 5.74) is 6.91. The maximum atomic E-state index is 11.9. The van der Waals surface area contributed by atoms with Crippen molar-refractivity contribution in [3.8, 4) is 0 Å². The number of rotatable bonds is 5. The number of aliphatic hydroxyl groups excluding tert-OH is 1. The lowest BCUT2D eigenvalue weighted by Gasteiger charge is -2.21. The van der Waals surface area contributed by atoms with Crippen molar-refractivity contribution in [3.05, 3.63) is 18.2 Å². The van der Waals surface area contributed by atoms with Crippen LogP contribution in [0.15, 0.2) is 23.1 Å². The van der Waals surface area contributed by atoms with Gasteiger partial charge in [0.25, 0.3) is 0 Å². The van der Waals surface area contributed by atoms with Crippen molar-refractivity contribution in [2.75, 3.05) is 44.9 Å². The lowest BCUT2D eigenvalue weighted by atomic mass is 10.2. The molecule has 0 aromatic heterocycles. The highest BCUT2D eigenvalue weighted by Crippen LogP contribution is 2.26. The molecule has 0 saturated heterocycles. The molecular formula is C11H19N3O3S. The van der Waals surface area contributed by atoms with Crippen LogP contribution in [-0.4, -0.2) is 52.1 Å². The van der Waals surface area contributed by atoms with E-state index in [0.717, 1.165) is 4.31 Å². The molecule has 0 radical (unpaired) electrons. The molecule has 0 fully saturated rings. The zero-order valence-corrected chi connectivity index (χ0v) is 11.6. The summed E-state index contributed by atoms with van der Waals surface area (Å²) in [5, 5.41) is 8.86. The van der Waals surface area contributed by atoms with Gasteiger partial charge in [-0.15, -0.1) is 0 Å². The normalized spacial score (nSPS) is 11.8. The molecule has 102 valence electrons. The van der Waals surface area contributed by atoms with Crippen LogP contribution >= 0.6 is 0 Å². The highest BCUT2D eigenvalue weighted by molar-refractivity contribution is 7.89. The molecule has 0 heterocycles. The number of likely N-dealkylation sites (N-methyl/N-ethyl adjacent to an activating group) is 1. The lowest BCUT2D eigenvalue weighted by Crippen LogP contribution is -2.24. The fourth-order valence-corrected chi connectivity index (χ4v) is 2.46. The number of nitrogens with zero attached hydrogens (tertiary/aromatic N) is 2. The van der Waals surface area contributed by atoms with Crippen LogP contribution in [0.3, 0.4) is 0 Å². The maximum Gasteiger partial charge on any atom is 0.242 e. The molecule has 6 nitrogen and oxygen atoms in total. The molecule has 7 heteroatoms. The highest BCUT2D eigenvalue weighted by atomic mass is 32.2. The van der Waals surface area contributed by atoms with E-state index in [9.17, 15) is 8.42 Å². The highest BCUT2D eigenvalue weighted by Gasteiger charge is 2.18. The first kappa shape index (κ1) is 14.7. The largest absolute Gasteiger partial charge is 0.397 e. The van der Waals surface area contributed by atoms with E-state index in [4.69, 9.17) is 10.8 Å². The van der Waals surface area contributed by atoms with E-state index >= 15 is 0 Å². The Labute approximate surface area is 108 Å². The average Bonchev–Trinajstić information content (AvgIpc) is 2.28. The van der Waals surface area contributed by atoms with E-state index in [0.29, 0.717) is 17.9 Å². The summed E-state index contributed by atoms with van der Waals surface area (Å²) in [5.74, 6) is 0. The van der Waals surface area contributed by atoms with Gasteiger partial charge in [0, 0.05) is 27.7 Å². The molecule has 1 aromatic carbocycles. The number of sulfonamides is 1. The van der Waals surface area contributed by atoms with E-state index in [1.165, 1.54) is 26.2 Å². The first-order valence-corrected chi connectivity index (χ1v) is 6.88. The van der Waals surface area contributed by atoms with E-state index < -0.39 is 10.0 Å². The Morgan fingerprint density at radius 1 is 1.28 bits per heavy atom. The Morgan fingerprint density at radius 2 is 1.89 bits per heavy atom. The van der Waals surface area contributed by atoms with Crippen molar-refractivity contribution in [3.63, 3.8) is 0 Å². The topological polar surface area (TPSA) is 86.9 Å². The van der Waals surface area contributed by atoms with Gasteiger partial charge in [-0.2, -0.15) is 0 Å². The monoisotopic (exact) mass is 273 g/mol. The molecule has 18 heavy (non-hydrogen) atoms. The number of hydrogen-bond donors (Lipinski definition) is 2. The molecule has 0 aliphatic heterocycles. The predicted molar refractivity (Wildman–Crippen MR) is 72.1 cm³/mol. The van der Waals surface area contributed by atoms with Gasteiger partial charge in [-0.25, -0.2) is 12.7 Å². The molecule has 0 saturated carbocycles. The number of aliphatic hydroxyl groups is 1. The smallest absolute Gasteiger partial charge is 0.242 e. The van der Waals surface area contributed by atoms with E-state index in [1.807, 2.05) is 0 Å². The minimum Gasteiger partial charge on any atom is -0.397 e. The molecule has 0 amide bonds. The molecule has 0 aliphatic rings. The zero-order valence-electron chi connectivity index (χ0n) is 10.8. The fraction of sp³-hybridized carbons (Fsp3) is 0.455. The van der Waals surface area contributed by atoms with Gasteiger partial charge >= 0.3 is 0 Å². The van der Waals surface area contributed by atoms with Gasteiger partial charge in [0.1, 0.15) is 0 Å². The molecule has 3 N–H and O–H groups in total. The number of nitrogen functional groups attached to an aromatic ring is 1. The van der Waals surface area contributed by atoms with E-state index in [-0.39, 0.29) is 11.5 Å². The Morgan fingerprint density at radius 3 is 2.33 bits per heavy atom. The van der Waals surface area contributed by atoms with Crippen molar-refractivity contribution in [1.29, 1.82) is 0 Å². The second kappa shape index (κ2) is 5.55.